The van der Waals surface area contributed by atoms with Gasteiger partial charge in [-0.25, -0.2) is 9.46 Å². The molecule has 0 aliphatic carbocycles. The van der Waals surface area contributed by atoms with Crippen molar-refractivity contribution >= 4 is 18.1 Å². The zero-order chi connectivity index (χ0) is 18.6. The van der Waals surface area contributed by atoms with Crippen LogP contribution in [0.2, 0.25) is 0 Å². The molecule has 0 amide bonds. The van der Waals surface area contributed by atoms with E-state index in [1.165, 1.54) is 10.8 Å². The van der Waals surface area contributed by atoms with E-state index in [0.29, 0.717) is 31.9 Å². The largest absolute Gasteiger partial charge is 0.379 e. The van der Waals surface area contributed by atoms with Crippen LogP contribution in [0.15, 0.2) is 15.8 Å². The molecule has 1 aliphatic rings. The fourth-order valence-corrected chi connectivity index (χ4v) is 4.19. The number of ether oxygens (including phenoxy) is 2. The quantitative estimate of drug-likeness (QED) is 0.697. The number of nitrogens with zero attached hydrogens (tertiary/aromatic N) is 2. The SMILES string of the molecule is Cc1cn([C@@H](C)O[C@@H](C)COP(=O)(Cl)N2CCOCC2)c(=O)[nH]c1=O. The van der Waals surface area contributed by atoms with Crippen molar-refractivity contribution in [2.45, 2.75) is 33.1 Å². The molecule has 1 N–H and O–H groups in total. The Labute approximate surface area is 150 Å². The number of aryl methyl sites for hydroxylation is 1. The molecule has 3 atom stereocenters. The summed E-state index contributed by atoms with van der Waals surface area (Å²) in [5.74, 6) is 0. The van der Waals surface area contributed by atoms with Crippen molar-refractivity contribution in [3.63, 3.8) is 0 Å². The molecule has 1 aromatic heterocycles. The Kier molecular flexibility index (Phi) is 7.01. The number of hydrogen-bond donors (Lipinski definition) is 1. The zero-order valence-electron chi connectivity index (χ0n) is 14.4. The zero-order valence-corrected chi connectivity index (χ0v) is 16.1. The third kappa shape index (κ3) is 5.51. The number of halogens is 1. The van der Waals surface area contributed by atoms with Gasteiger partial charge >= 0.3 is 12.6 Å². The van der Waals surface area contributed by atoms with Crippen LogP contribution in [0.1, 0.15) is 25.6 Å². The summed E-state index contributed by atoms with van der Waals surface area (Å²) >= 11 is 6.03. The molecule has 2 heterocycles. The van der Waals surface area contributed by atoms with E-state index in [1.807, 2.05) is 0 Å². The Bertz CT molecular complexity index is 745. The maximum Gasteiger partial charge on any atom is 0.363 e. The van der Waals surface area contributed by atoms with Gasteiger partial charge in [0.15, 0.2) is 0 Å². The average Bonchev–Trinajstić information content (AvgIpc) is 2.57. The van der Waals surface area contributed by atoms with Crippen LogP contribution < -0.4 is 11.2 Å². The maximum atomic E-state index is 12.4. The Morgan fingerprint density at radius 2 is 2.00 bits per heavy atom. The number of H-pyrrole nitrogens is 1. The lowest BCUT2D eigenvalue weighted by molar-refractivity contribution is -0.0546. The monoisotopic (exact) mass is 395 g/mol. The first kappa shape index (κ1) is 20.4. The van der Waals surface area contributed by atoms with Crippen molar-refractivity contribution in [2.24, 2.45) is 0 Å². The fraction of sp³-hybridized carbons (Fsp3) is 0.714. The Morgan fingerprint density at radius 3 is 2.64 bits per heavy atom. The Hall–Kier alpha value is -0.960. The summed E-state index contributed by atoms with van der Waals surface area (Å²) in [5.41, 5.74) is -0.595. The average molecular weight is 396 g/mol. The highest BCUT2D eigenvalue weighted by atomic mass is 35.7. The highest BCUT2D eigenvalue weighted by Gasteiger charge is 2.31. The molecule has 9 nitrogen and oxygen atoms in total. The van der Waals surface area contributed by atoms with Crippen LogP contribution in [-0.4, -0.2) is 53.2 Å². The fourth-order valence-electron chi connectivity index (χ4n) is 2.37. The molecule has 0 radical (unpaired) electrons. The van der Waals surface area contributed by atoms with Gasteiger partial charge in [0.1, 0.15) is 6.23 Å². The smallest absolute Gasteiger partial charge is 0.363 e. The molecular weight excluding hydrogens is 373 g/mol. The van der Waals surface area contributed by atoms with Crippen LogP contribution in [0, 0.1) is 6.92 Å². The summed E-state index contributed by atoms with van der Waals surface area (Å²) in [6.45, 7) is 3.35. The number of rotatable bonds is 7. The van der Waals surface area contributed by atoms with Crippen molar-refractivity contribution < 1.29 is 18.6 Å². The van der Waals surface area contributed by atoms with E-state index < -0.39 is 30.5 Å². The Balaban J connectivity index is 1.92. The van der Waals surface area contributed by atoms with Gasteiger partial charge in [-0.05, 0) is 32.0 Å². The molecule has 142 valence electrons. The van der Waals surface area contributed by atoms with Crippen molar-refractivity contribution in [1.29, 1.82) is 0 Å². The molecule has 1 fully saturated rings. The van der Waals surface area contributed by atoms with E-state index in [0.717, 1.165) is 0 Å². The van der Waals surface area contributed by atoms with Crippen molar-refractivity contribution in [2.75, 3.05) is 32.9 Å². The molecule has 0 saturated carbocycles. The van der Waals surface area contributed by atoms with Gasteiger partial charge in [-0.3, -0.25) is 18.9 Å². The van der Waals surface area contributed by atoms with Gasteiger partial charge < -0.3 is 14.0 Å². The highest BCUT2D eigenvalue weighted by Crippen LogP contribution is 2.56. The molecule has 0 aromatic carbocycles. The summed E-state index contributed by atoms with van der Waals surface area (Å²) in [4.78, 5) is 25.5. The lowest BCUT2D eigenvalue weighted by Crippen LogP contribution is -2.35. The summed E-state index contributed by atoms with van der Waals surface area (Å²) < 4.78 is 31.5. The summed E-state index contributed by atoms with van der Waals surface area (Å²) in [7, 11) is 0. The number of hydrogen-bond acceptors (Lipinski definition) is 6. The van der Waals surface area contributed by atoms with Crippen LogP contribution in [0.3, 0.4) is 0 Å². The van der Waals surface area contributed by atoms with Gasteiger partial charge in [-0.2, -0.15) is 0 Å². The molecule has 0 spiro atoms. The van der Waals surface area contributed by atoms with Gasteiger partial charge in [0.05, 0.1) is 25.9 Å². The van der Waals surface area contributed by atoms with E-state index in [4.69, 9.17) is 25.2 Å². The predicted molar refractivity (Wildman–Crippen MR) is 93.1 cm³/mol. The first-order chi connectivity index (χ1) is 11.7. The maximum absolute atomic E-state index is 12.4. The topological polar surface area (TPSA) is 103 Å². The lowest BCUT2D eigenvalue weighted by atomic mass is 10.4. The second-order valence-corrected chi connectivity index (χ2v) is 8.85. The summed E-state index contributed by atoms with van der Waals surface area (Å²) in [6.07, 6.45) is 0.321. The number of morpholine rings is 1. The third-order valence-electron chi connectivity index (χ3n) is 3.76. The second-order valence-electron chi connectivity index (χ2n) is 5.84. The molecule has 0 bridgehead atoms. The van der Waals surface area contributed by atoms with E-state index >= 15 is 0 Å². The minimum absolute atomic E-state index is 0.000436. The van der Waals surface area contributed by atoms with Crippen molar-refractivity contribution in [3.8, 4) is 0 Å². The molecule has 1 unspecified atom stereocenters. The van der Waals surface area contributed by atoms with Crippen molar-refractivity contribution in [3.05, 3.63) is 32.6 Å². The first-order valence-corrected chi connectivity index (χ1v) is 10.4. The van der Waals surface area contributed by atoms with E-state index in [9.17, 15) is 14.2 Å². The molecule has 11 heteroatoms. The predicted octanol–water partition coefficient (Wildman–Crippen LogP) is 1.46. The molecule has 25 heavy (non-hydrogen) atoms. The molecule has 1 saturated heterocycles. The molecule has 1 aromatic rings. The van der Waals surface area contributed by atoms with Crippen LogP contribution in [0.4, 0.5) is 0 Å². The van der Waals surface area contributed by atoms with Gasteiger partial charge in [0.25, 0.3) is 5.56 Å². The van der Waals surface area contributed by atoms with Crippen LogP contribution in [0.25, 0.3) is 0 Å². The van der Waals surface area contributed by atoms with Crippen molar-refractivity contribution in [1.82, 2.24) is 14.2 Å². The van der Waals surface area contributed by atoms with Crippen LogP contribution >= 0.6 is 18.1 Å². The van der Waals surface area contributed by atoms with E-state index in [-0.39, 0.29) is 6.61 Å². The van der Waals surface area contributed by atoms with Crippen LogP contribution in [0.5, 0.6) is 0 Å². The summed E-state index contributed by atoms with van der Waals surface area (Å²) in [6, 6.07) is 0. The number of aromatic nitrogens is 2. The summed E-state index contributed by atoms with van der Waals surface area (Å²) in [5, 5.41) is 0. The molecule has 1 aliphatic heterocycles. The van der Waals surface area contributed by atoms with E-state index in [2.05, 4.69) is 4.98 Å². The molecule has 2 rings (SSSR count). The highest BCUT2D eigenvalue weighted by molar-refractivity contribution is 7.83. The second kappa shape index (κ2) is 8.62. The third-order valence-corrected chi connectivity index (χ3v) is 6.24. The lowest BCUT2D eigenvalue weighted by Gasteiger charge is -2.30. The number of nitrogens with one attached hydrogen (secondary N) is 1. The minimum Gasteiger partial charge on any atom is -0.379 e. The van der Waals surface area contributed by atoms with Gasteiger partial charge in [-0.15, -0.1) is 0 Å². The standard InChI is InChI=1S/C14H23ClN3O6P/c1-10-8-18(14(20)16-13(10)19)12(3)24-11(2)9-23-25(15,21)17-4-6-22-7-5-17/h8,11-12H,4-7,9H2,1-3H3,(H,16,19,20)/t11-,12+,25?/m0/s1. The minimum atomic E-state index is -3.43. The normalized spacial score (nSPS) is 20.8. The Morgan fingerprint density at radius 1 is 1.36 bits per heavy atom. The van der Waals surface area contributed by atoms with Gasteiger partial charge in [0.2, 0.25) is 0 Å². The first-order valence-electron chi connectivity index (χ1n) is 7.95. The molecular formula is C14H23ClN3O6P. The van der Waals surface area contributed by atoms with E-state index in [1.54, 1.807) is 25.4 Å². The van der Waals surface area contributed by atoms with Gasteiger partial charge in [-0.1, -0.05) is 0 Å². The number of aromatic amines is 1. The van der Waals surface area contributed by atoms with Crippen LogP contribution in [-0.2, 0) is 18.6 Å². The van der Waals surface area contributed by atoms with Gasteiger partial charge in [0, 0.05) is 24.8 Å².